The molecule has 0 radical (unpaired) electrons. The maximum absolute atomic E-state index is 13.8. The highest BCUT2D eigenvalue weighted by atomic mass is 19.4. The lowest BCUT2D eigenvalue weighted by molar-refractivity contribution is -0.140. The highest BCUT2D eigenvalue weighted by Crippen LogP contribution is 2.41. The van der Waals surface area contributed by atoms with Gasteiger partial charge in [-0.25, -0.2) is 4.98 Å². The van der Waals surface area contributed by atoms with Crippen LogP contribution in [0.25, 0.3) is 33.4 Å². The van der Waals surface area contributed by atoms with Crippen molar-refractivity contribution in [3.05, 3.63) is 42.5 Å². The van der Waals surface area contributed by atoms with Crippen LogP contribution in [0.2, 0.25) is 0 Å². The minimum absolute atomic E-state index is 0.00340. The molecular weight excluding hydrogens is 423 g/mol. The average Bonchev–Trinajstić information content (AvgIpc) is 3.42. The summed E-state index contributed by atoms with van der Waals surface area (Å²) >= 11 is 0. The Labute approximate surface area is 181 Å². The smallest absolute Gasteiger partial charge is 0.377 e. The SMILES string of the molecule is C[C@@H]1COCCN1c1cc(-c2cn(C)nc2C(F)(F)F)c2ccnc(-c3ccn[nH]3)c2n1. The lowest BCUT2D eigenvalue weighted by Crippen LogP contribution is -2.44. The van der Waals surface area contributed by atoms with Gasteiger partial charge in [-0.3, -0.25) is 14.8 Å². The number of H-pyrrole nitrogens is 1. The fraction of sp³-hybridized carbons (Fsp3) is 0.333. The van der Waals surface area contributed by atoms with Crippen LogP contribution in [0.3, 0.4) is 0 Å². The summed E-state index contributed by atoms with van der Waals surface area (Å²) in [6, 6.07) is 5.15. The lowest BCUT2D eigenvalue weighted by Gasteiger charge is -2.34. The predicted octanol–water partition coefficient (Wildman–Crippen LogP) is 3.66. The van der Waals surface area contributed by atoms with Crippen LogP contribution in [0.5, 0.6) is 0 Å². The highest BCUT2D eigenvalue weighted by Gasteiger charge is 2.38. The van der Waals surface area contributed by atoms with E-state index < -0.39 is 11.9 Å². The molecule has 0 saturated carbocycles. The Morgan fingerprint density at radius 1 is 1.19 bits per heavy atom. The van der Waals surface area contributed by atoms with E-state index in [1.165, 1.54) is 17.9 Å². The molecule has 0 spiro atoms. The predicted molar refractivity (Wildman–Crippen MR) is 112 cm³/mol. The zero-order valence-corrected chi connectivity index (χ0v) is 17.4. The summed E-state index contributed by atoms with van der Waals surface area (Å²) in [5.41, 5.74) is 1.09. The van der Waals surface area contributed by atoms with Gasteiger partial charge < -0.3 is 9.64 Å². The molecule has 1 fully saturated rings. The molecule has 5 rings (SSSR count). The van der Waals surface area contributed by atoms with Gasteiger partial charge in [0, 0.05) is 43.1 Å². The van der Waals surface area contributed by atoms with E-state index in [0.717, 1.165) is 0 Å². The molecule has 0 bridgehead atoms. The monoisotopic (exact) mass is 443 g/mol. The van der Waals surface area contributed by atoms with Crippen molar-refractivity contribution in [1.82, 2.24) is 29.9 Å². The second-order valence-corrected chi connectivity index (χ2v) is 7.73. The summed E-state index contributed by atoms with van der Waals surface area (Å²) in [5, 5.41) is 11.1. The van der Waals surface area contributed by atoms with Gasteiger partial charge in [0.1, 0.15) is 17.0 Å². The summed E-state index contributed by atoms with van der Waals surface area (Å²) in [6.45, 7) is 3.60. The molecule has 1 N–H and O–H groups in total. The summed E-state index contributed by atoms with van der Waals surface area (Å²) in [5.74, 6) is 0.564. The maximum atomic E-state index is 13.8. The van der Waals surface area contributed by atoms with Gasteiger partial charge in [0.05, 0.1) is 24.9 Å². The first kappa shape index (κ1) is 20.4. The molecule has 0 aliphatic carbocycles. The van der Waals surface area contributed by atoms with E-state index in [9.17, 15) is 13.2 Å². The van der Waals surface area contributed by atoms with Gasteiger partial charge in [0.15, 0.2) is 5.69 Å². The number of hydrogen-bond donors (Lipinski definition) is 1. The molecule has 8 nitrogen and oxygen atoms in total. The van der Waals surface area contributed by atoms with E-state index in [2.05, 4.69) is 20.3 Å². The maximum Gasteiger partial charge on any atom is 0.435 e. The quantitative estimate of drug-likeness (QED) is 0.520. The Morgan fingerprint density at radius 3 is 2.75 bits per heavy atom. The van der Waals surface area contributed by atoms with Crippen molar-refractivity contribution in [2.45, 2.75) is 19.1 Å². The number of ether oxygens (including phenoxy) is 1. The molecular formula is C21H20F3N7O. The van der Waals surface area contributed by atoms with Crippen molar-refractivity contribution >= 4 is 16.7 Å². The molecule has 5 heterocycles. The fourth-order valence-corrected chi connectivity index (χ4v) is 4.06. The molecule has 166 valence electrons. The van der Waals surface area contributed by atoms with Crippen LogP contribution in [0.1, 0.15) is 12.6 Å². The molecule has 1 aliphatic heterocycles. The number of morpholine rings is 1. The number of aromatic nitrogens is 6. The number of nitrogens with zero attached hydrogens (tertiary/aromatic N) is 6. The minimum atomic E-state index is -4.60. The minimum Gasteiger partial charge on any atom is -0.377 e. The van der Waals surface area contributed by atoms with Gasteiger partial charge in [-0.15, -0.1) is 0 Å². The van der Waals surface area contributed by atoms with Gasteiger partial charge in [0.2, 0.25) is 0 Å². The van der Waals surface area contributed by atoms with E-state index in [0.29, 0.717) is 53.4 Å². The van der Waals surface area contributed by atoms with E-state index in [1.807, 2.05) is 11.8 Å². The Morgan fingerprint density at radius 2 is 2.03 bits per heavy atom. The third-order valence-electron chi connectivity index (χ3n) is 5.52. The number of anilines is 1. The number of rotatable bonds is 3. The fourth-order valence-electron chi connectivity index (χ4n) is 4.06. The number of nitrogens with one attached hydrogen (secondary N) is 1. The molecule has 0 unspecified atom stereocenters. The average molecular weight is 443 g/mol. The Bertz CT molecular complexity index is 1270. The number of halogens is 3. The van der Waals surface area contributed by atoms with Crippen LogP contribution in [0.4, 0.5) is 19.0 Å². The van der Waals surface area contributed by atoms with Gasteiger partial charge in [-0.2, -0.15) is 23.4 Å². The number of alkyl halides is 3. The van der Waals surface area contributed by atoms with Crippen LogP contribution >= 0.6 is 0 Å². The number of fused-ring (bicyclic) bond motifs is 1. The van der Waals surface area contributed by atoms with Crippen LogP contribution in [-0.4, -0.2) is 55.7 Å². The standard InChI is InChI=1S/C21H20F3N7O/c1-12-11-32-8-7-31(12)17-9-14(15-10-30(2)29-20(15)21(22,23)24)13-3-5-25-19(18(13)27-17)16-4-6-26-28-16/h3-6,9-10,12H,7-8,11H2,1-2H3,(H,26,28)/t12-/m1/s1. The number of aryl methyl sites for hydroxylation is 1. The zero-order valence-electron chi connectivity index (χ0n) is 17.4. The van der Waals surface area contributed by atoms with E-state index in [4.69, 9.17) is 9.72 Å². The molecule has 4 aromatic heterocycles. The van der Waals surface area contributed by atoms with Crippen LogP contribution in [0.15, 0.2) is 36.8 Å². The molecule has 11 heteroatoms. The van der Waals surface area contributed by atoms with Crippen molar-refractivity contribution in [3.8, 4) is 22.5 Å². The van der Waals surface area contributed by atoms with Crippen molar-refractivity contribution in [3.63, 3.8) is 0 Å². The molecule has 4 aromatic rings. The normalized spacial score (nSPS) is 17.3. The second kappa shape index (κ2) is 7.59. The topological polar surface area (TPSA) is 84.8 Å². The first-order valence-electron chi connectivity index (χ1n) is 10.1. The van der Waals surface area contributed by atoms with Crippen LogP contribution in [-0.2, 0) is 18.0 Å². The van der Waals surface area contributed by atoms with Crippen molar-refractivity contribution < 1.29 is 17.9 Å². The highest BCUT2D eigenvalue weighted by molar-refractivity contribution is 6.01. The zero-order chi connectivity index (χ0) is 22.5. The summed E-state index contributed by atoms with van der Waals surface area (Å²) in [6.07, 6.45) is -0.0594. The second-order valence-electron chi connectivity index (χ2n) is 7.73. The summed E-state index contributed by atoms with van der Waals surface area (Å²) < 4.78 is 48.2. The van der Waals surface area contributed by atoms with E-state index >= 15 is 0 Å². The van der Waals surface area contributed by atoms with Crippen LogP contribution in [0, 0.1) is 0 Å². The van der Waals surface area contributed by atoms with E-state index in [1.54, 1.807) is 30.6 Å². The van der Waals surface area contributed by atoms with Crippen molar-refractivity contribution in [1.29, 1.82) is 0 Å². The molecule has 1 aliphatic rings. The van der Waals surface area contributed by atoms with Gasteiger partial charge in [-0.1, -0.05) is 0 Å². The first-order chi connectivity index (χ1) is 15.3. The van der Waals surface area contributed by atoms with Crippen molar-refractivity contribution in [2.75, 3.05) is 24.7 Å². The molecule has 0 aromatic carbocycles. The van der Waals surface area contributed by atoms with Gasteiger partial charge in [-0.05, 0) is 30.7 Å². The molecule has 0 amide bonds. The Balaban J connectivity index is 1.82. The van der Waals surface area contributed by atoms with Crippen molar-refractivity contribution in [2.24, 2.45) is 7.05 Å². The number of pyridine rings is 2. The van der Waals surface area contributed by atoms with Gasteiger partial charge in [0.25, 0.3) is 0 Å². The number of hydrogen-bond acceptors (Lipinski definition) is 6. The third-order valence-corrected chi connectivity index (χ3v) is 5.52. The van der Waals surface area contributed by atoms with E-state index in [-0.39, 0.29) is 11.6 Å². The molecule has 32 heavy (non-hydrogen) atoms. The van der Waals surface area contributed by atoms with Crippen LogP contribution < -0.4 is 4.90 Å². The first-order valence-corrected chi connectivity index (χ1v) is 10.1. The number of aromatic amines is 1. The van der Waals surface area contributed by atoms with Gasteiger partial charge >= 0.3 is 6.18 Å². The Hall–Kier alpha value is -3.47. The largest absolute Gasteiger partial charge is 0.435 e. The molecule has 1 saturated heterocycles. The Kier molecular flexibility index (Phi) is 4.85. The summed E-state index contributed by atoms with van der Waals surface area (Å²) in [4.78, 5) is 11.3. The summed E-state index contributed by atoms with van der Waals surface area (Å²) in [7, 11) is 1.48. The lowest BCUT2D eigenvalue weighted by atomic mass is 10.00. The third kappa shape index (κ3) is 3.48. The molecule has 1 atom stereocenters.